The fraction of sp³-hybridized carbons (Fsp3) is 0.278. The lowest BCUT2D eigenvalue weighted by atomic mass is 10.1. The molecule has 0 bridgehead atoms. The molecule has 2 aromatic heterocycles. The number of fused-ring (bicyclic) bond motifs is 1. The van der Waals surface area contributed by atoms with Gasteiger partial charge < -0.3 is 9.55 Å². The fourth-order valence-electron chi connectivity index (χ4n) is 2.86. The van der Waals surface area contributed by atoms with Gasteiger partial charge >= 0.3 is 0 Å². The van der Waals surface area contributed by atoms with Crippen molar-refractivity contribution in [3.8, 4) is 0 Å². The van der Waals surface area contributed by atoms with Crippen molar-refractivity contribution in [1.82, 2.24) is 19.7 Å². The number of benzene rings is 1. The summed E-state index contributed by atoms with van der Waals surface area (Å²) in [5.74, 6) is 1.99. The highest BCUT2D eigenvalue weighted by Gasteiger charge is 2.30. The monoisotopic (exact) mass is 338 g/mol. The van der Waals surface area contributed by atoms with Crippen LogP contribution in [0.15, 0.2) is 48.3 Å². The van der Waals surface area contributed by atoms with Crippen LogP contribution in [0.3, 0.4) is 0 Å². The van der Waals surface area contributed by atoms with Crippen molar-refractivity contribution in [1.29, 1.82) is 0 Å². The molecule has 4 rings (SSSR count). The summed E-state index contributed by atoms with van der Waals surface area (Å²) in [4.78, 5) is 15.7. The molecule has 1 fully saturated rings. The van der Waals surface area contributed by atoms with Crippen LogP contribution in [0.4, 0.5) is 0 Å². The van der Waals surface area contributed by atoms with Crippen molar-refractivity contribution in [3.63, 3.8) is 0 Å². The quantitative estimate of drug-likeness (QED) is 0.404. The molecule has 0 spiro atoms. The van der Waals surface area contributed by atoms with Crippen molar-refractivity contribution in [2.24, 2.45) is 0 Å². The Kier molecular flexibility index (Phi) is 3.98. The largest absolute Gasteiger partial charge is 0.360 e. The number of allylic oxidation sites excluding steroid dienone is 1. The first-order valence-corrected chi connectivity index (χ1v) is 9.02. The van der Waals surface area contributed by atoms with Crippen LogP contribution in [0.25, 0.3) is 10.9 Å². The van der Waals surface area contributed by atoms with E-state index < -0.39 is 0 Å². The van der Waals surface area contributed by atoms with Crippen LogP contribution >= 0.6 is 11.8 Å². The summed E-state index contributed by atoms with van der Waals surface area (Å²) in [6.07, 6.45) is 5.99. The lowest BCUT2D eigenvalue weighted by molar-refractivity contribution is 0.102. The molecule has 1 aliphatic carbocycles. The van der Waals surface area contributed by atoms with Gasteiger partial charge in [0.05, 0.1) is 5.75 Å². The van der Waals surface area contributed by atoms with E-state index in [0.717, 1.165) is 27.4 Å². The zero-order valence-corrected chi connectivity index (χ0v) is 14.1. The Balaban J connectivity index is 1.52. The van der Waals surface area contributed by atoms with Gasteiger partial charge in [0.25, 0.3) is 0 Å². The zero-order chi connectivity index (χ0) is 16.5. The highest BCUT2D eigenvalue weighted by atomic mass is 32.2. The third-order valence-electron chi connectivity index (χ3n) is 4.22. The molecule has 1 aliphatic rings. The third-order valence-corrected chi connectivity index (χ3v) is 5.19. The summed E-state index contributed by atoms with van der Waals surface area (Å²) in [5.41, 5.74) is 1.71. The zero-order valence-electron chi connectivity index (χ0n) is 13.2. The van der Waals surface area contributed by atoms with Crippen LogP contribution < -0.4 is 0 Å². The Hall–Kier alpha value is -2.34. The number of thioether (sulfide) groups is 1. The maximum atomic E-state index is 12.6. The molecule has 6 heteroatoms. The van der Waals surface area contributed by atoms with Crippen LogP contribution in [0.5, 0.6) is 0 Å². The second-order valence-electron chi connectivity index (χ2n) is 5.97. The number of carbonyl (C=O) groups excluding carboxylic acids is 1. The van der Waals surface area contributed by atoms with E-state index in [1.165, 1.54) is 24.6 Å². The van der Waals surface area contributed by atoms with Crippen molar-refractivity contribution >= 4 is 28.4 Å². The molecule has 0 unspecified atom stereocenters. The van der Waals surface area contributed by atoms with Crippen molar-refractivity contribution in [3.05, 3.63) is 54.5 Å². The van der Waals surface area contributed by atoms with E-state index in [2.05, 4.69) is 26.3 Å². The van der Waals surface area contributed by atoms with E-state index in [1.54, 1.807) is 6.20 Å². The summed E-state index contributed by atoms with van der Waals surface area (Å²) in [6.45, 7) is 4.49. The maximum absolute atomic E-state index is 12.6. The Morgan fingerprint density at radius 1 is 1.38 bits per heavy atom. The SMILES string of the molecule is C=CCn1c(SCC(=O)c2c[nH]c3ccccc23)nnc1C1CC1. The van der Waals surface area contributed by atoms with Crippen LogP contribution in [0.2, 0.25) is 0 Å². The average Bonchev–Trinajstić information content (AvgIpc) is 3.23. The normalized spacial score (nSPS) is 14.2. The number of aromatic amines is 1. The van der Waals surface area contributed by atoms with Gasteiger partial charge in [-0.3, -0.25) is 4.79 Å². The topological polar surface area (TPSA) is 63.6 Å². The first kappa shape index (κ1) is 15.2. The second kappa shape index (κ2) is 6.28. The summed E-state index contributed by atoms with van der Waals surface area (Å²) in [6, 6.07) is 7.85. The molecule has 2 heterocycles. The number of aromatic nitrogens is 4. The number of H-pyrrole nitrogens is 1. The third kappa shape index (κ3) is 2.78. The molecular formula is C18H18N4OS. The van der Waals surface area contributed by atoms with Crippen LogP contribution in [-0.2, 0) is 6.54 Å². The van der Waals surface area contributed by atoms with Crippen LogP contribution in [-0.4, -0.2) is 31.3 Å². The van der Waals surface area contributed by atoms with Crippen LogP contribution in [0, 0.1) is 0 Å². The van der Waals surface area contributed by atoms with Gasteiger partial charge in [-0.25, -0.2) is 0 Å². The minimum atomic E-state index is 0.0959. The molecule has 1 N–H and O–H groups in total. The molecule has 122 valence electrons. The standard InChI is InChI=1S/C18H18N4OS/c1-2-9-22-17(12-7-8-12)20-21-18(22)24-11-16(23)14-10-19-15-6-4-3-5-13(14)15/h2-6,10,12,19H,1,7-9,11H2. The molecule has 0 radical (unpaired) electrons. The number of ketones is 1. The Morgan fingerprint density at radius 2 is 2.21 bits per heavy atom. The second-order valence-corrected chi connectivity index (χ2v) is 6.92. The molecule has 5 nitrogen and oxygen atoms in total. The summed E-state index contributed by atoms with van der Waals surface area (Å²) in [7, 11) is 0. The minimum Gasteiger partial charge on any atom is -0.360 e. The predicted octanol–water partition coefficient (Wildman–Crippen LogP) is 3.80. The lowest BCUT2D eigenvalue weighted by Gasteiger charge is -2.06. The molecule has 3 aromatic rings. The van der Waals surface area contributed by atoms with E-state index in [4.69, 9.17) is 0 Å². The fourth-order valence-corrected chi connectivity index (χ4v) is 3.70. The van der Waals surface area contributed by atoms with Gasteiger partial charge in [-0.1, -0.05) is 36.0 Å². The van der Waals surface area contributed by atoms with Gasteiger partial charge in [0.1, 0.15) is 5.82 Å². The molecular weight excluding hydrogens is 320 g/mol. The van der Waals surface area contributed by atoms with E-state index in [9.17, 15) is 4.79 Å². The number of nitrogens with one attached hydrogen (secondary N) is 1. The predicted molar refractivity (Wildman–Crippen MR) is 95.5 cm³/mol. The Labute approximate surface area is 144 Å². The number of Topliss-reactive ketones (excluding diaryl/α,β-unsaturated/α-hetero) is 1. The molecule has 0 saturated heterocycles. The summed E-state index contributed by atoms with van der Waals surface area (Å²) < 4.78 is 2.08. The maximum Gasteiger partial charge on any atom is 0.191 e. The smallest absolute Gasteiger partial charge is 0.191 e. The molecule has 1 aromatic carbocycles. The highest BCUT2D eigenvalue weighted by Crippen LogP contribution is 2.40. The van der Waals surface area contributed by atoms with Crippen molar-refractivity contribution in [2.75, 3.05) is 5.75 Å². The van der Waals surface area contributed by atoms with Gasteiger partial charge in [-0.15, -0.1) is 16.8 Å². The van der Waals surface area contributed by atoms with Gasteiger partial charge in [-0.2, -0.15) is 0 Å². The van der Waals surface area contributed by atoms with E-state index in [0.29, 0.717) is 18.2 Å². The van der Waals surface area contributed by atoms with E-state index >= 15 is 0 Å². The molecule has 0 amide bonds. The molecule has 0 aliphatic heterocycles. The van der Waals surface area contributed by atoms with Gasteiger partial charge in [0.2, 0.25) is 0 Å². The van der Waals surface area contributed by atoms with E-state index in [-0.39, 0.29) is 5.78 Å². The molecule has 24 heavy (non-hydrogen) atoms. The number of hydrogen-bond acceptors (Lipinski definition) is 4. The summed E-state index contributed by atoms with van der Waals surface area (Å²) in [5, 5.41) is 10.4. The minimum absolute atomic E-state index is 0.0959. The van der Waals surface area contributed by atoms with Gasteiger partial charge in [0.15, 0.2) is 10.9 Å². The highest BCUT2D eigenvalue weighted by molar-refractivity contribution is 7.99. The lowest BCUT2D eigenvalue weighted by Crippen LogP contribution is -2.06. The van der Waals surface area contributed by atoms with Gasteiger partial charge in [0, 0.05) is 35.1 Å². The number of nitrogens with zero attached hydrogens (tertiary/aromatic N) is 3. The number of rotatable bonds is 7. The first-order valence-electron chi connectivity index (χ1n) is 8.04. The molecule has 0 atom stereocenters. The van der Waals surface area contributed by atoms with Crippen LogP contribution in [0.1, 0.15) is 34.9 Å². The number of hydrogen-bond donors (Lipinski definition) is 1. The Bertz CT molecular complexity index is 907. The average molecular weight is 338 g/mol. The number of para-hydroxylation sites is 1. The van der Waals surface area contributed by atoms with Crippen molar-refractivity contribution < 1.29 is 4.79 Å². The number of carbonyl (C=O) groups is 1. The van der Waals surface area contributed by atoms with Crippen molar-refractivity contribution in [2.45, 2.75) is 30.5 Å². The van der Waals surface area contributed by atoms with Gasteiger partial charge in [-0.05, 0) is 18.9 Å². The summed E-state index contributed by atoms with van der Waals surface area (Å²) >= 11 is 1.45. The first-order chi connectivity index (χ1) is 11.8. The molecule has 1 saturated carbocycles. The Morgan fingerprint density at radius 3 is 3.00 bits per heavy atom. The van der Waals surface area contributed by atoms with E-state index in [1.807, 2.05) is 30.3 Å².